The second-order valence-electron chi connectivity index (χ2n) is 4.99. The Morgan fingerprint density at radius 1 is 0.960 bits per heavy atom. The van der Waals surface area contributed by atoms with Crippen LogP contribution in [0.25, 0.3) is 0 Å². The number of hydrogen-bond donors (Lipinski definition) is 2. The minimum absolute atomic E-state index is 0.0200. The summed E-state index contributed by atoms with van der Waals surface area (Å²) in [4.78, 5) is 12.1. The molecule has 2 N–H and O–H groups in total. The van der Waals surface area contributed by atoms with Gasteiger partial charge in [0.25, 0.3) is 5.91 Å². The largest absolute Gasteiger partial charge is 0.338 e. The zero-order chi connectivity index (χ0) is 17.8. The highest BCUT2D eigenvalue weighted by atomic mass is 35.5. The summed E-state index contributed by atoms with van der Waals surface area (Å²) in [6.45, 7) is 0. The summed E-state index contributed by atoms with van der Waals surface area (Å²) in [5, 5.41) is 13.4. The van der Waals surface area contributed by atoms with Gasteiger partial charge in [-0.25, -0.2) is 8.78 Å². The fourth-order valence-corrected chi connectivity index (χ4v) is 2.18. The van der Waals surface area contributed by atoms with E-state index in [0.717, 1.165) is 12.1 Å². The Morgan fingerprint density at radius 2 is 1.76 bits per heavy atom. The lowest BCUT2D eigenvalue weighted by Gasteiger charge is -2.08. The fraction of sp³-hybridized carbons (Fsp3) is 0. The van der Waals surface area contributed by atoms with Crippen molar-refractivity contribution in [2.45, 2.75) is 0 Å². The van der Waals surface area contributed by atoms with Crippen molar-refractivity contribution in [1.82, 2.24) is 10.2 Å². The fourth-order valence-electron chi connectivity index (χ4n) is 2.00. The first-order valence-corrected chi connectivity index (χ1v) is 7.52. The molecule has 0 spiro atoms. The van der Waals surface area contributed by atoms with Gasteiger partial charge in [-0.15, -0.1) is 10.2 Å². The Balaban J connectivity index is 1.71. The molecule has 1 heterocycles. The standard InChI is InChI=1S/C17H11ClF2N4O/c18-11-3-1-2-4-13(11)21-16-8-7-15(23-24-16)17(25)22-14-6-5-10(19)9-12(14)20/h1-9H,(H,21,24)(H,22,25). The zero-order valence-corrected chi connectivity index (χ0v) is 13.4. The topological polar surface area (TPSA) is 66.9 Å². The van der Waals surface area contributed by atoms with Gasteiger partial charge in [0.1, 0.15) is 11.6 Å². The van der Waals surface area contributed by atoms with E-state index in [1.54, 1.807) is 24.3 Å². The number of aromatic nitrogens is 2. The summed E-state index contributed by atoms with van der Waals surface area (Å²) >= 11 is 6.04. The number of nitrogens with one attached hydrogen (secondary N) is 2. The lowest BCUT2D eigenvalue weighted by molar-refractivity contribution is 0.102. The molecule has 5 nitrogen and oxygen atoms in total. The molecule has 0 aliphatic carbocycles. The summed E-state index contributed by atoms with van der Waals surface area (Å²) < 4.78 is 26.4. The predicted octanol–water partition coefficient (Wildman–Crippen LogP) is 4.40. The van der Waals surface area contributed by atoms with Crippen LogP contribution >= 0.6 is 11.6 Å². The van der Waals surface area contributed by atoms with Crippen molar-refractivity contribution in [3.8, 4) is 0 Å². The number of hydrogen-bond acceptors (Lipinski definition) is 4. The third-order valence-electron chi connectivity index (χ3n) is 3.21. The minimum Gasteiger partial charge on any atom is -0.338 e. The Kier molecular flexibility index (Phi) is 4.85. The number of rotatable bonds is 4. The first kappa shape index (κ1) is 16.8. The van der Waals surface area contributed by atoms with E-state index in [1.165, 1.54) is 12.1 Å². The molecule has 0 saturated heterocycles. The van der Waals surface area contributed by atoms with Gasteiger partial charge in [0.15, 0.2) is 11.5 Å². The van der Waals surface area contributed by atoms with E-state index in [0.29, 0.717) is 22.6 Å². The van der Waals surface area contributed by atoms with Crippen LogP contribution in [0, 0.1) is 11.6 Å². The van der Waals surface area contributed by atoms with Gasteiger partial charge in [0.05, 0.1) is 16.4 Å². The number of para-hydroxylation sites is 1. The number of amides is 1. The van der Waals surface area contributed by atoms with Gasteiger partial charge in [-0.05, 0) is 36.4 Å². The van der Waals surface area contributed by atoms with Crippen LogP contribution in [0.4, 0.5) is 26.0 Å². The van der Waals surface area contributed by atoms with Gasteiger partial charge in [-0.3, -0.25) is 4.79 Å². The van der Waals surface area contributed by atoms with Crippen molar-refractivity contribution in [2.24, 2.45) is 0 Å². The molecule has 0 bridgehead atoms. The molecule has 1 amide bonds. The third kappa shape index (κ3) is 4.07. The van der Waals surface area contributed by atoms with E-state index in [1.807, 2.05) is 0 Å². The smallest absolute Gasteiger partial charge is 0.276 e. The van der Waals surface area contributed by atoms with Gasteiger partial charge in [-0.2, -0.15) is 0 Å². The summed E-state index contributed by atoms with van der Waals surface area (Å²) in [5.41, 5.74) is 0.476. The van der Waals surface area contributed by atoms with E-state index in [-0.39, 0.29) is 11.4 Å². The molecular formula is C17H11ClF2N4O. The van der Waals surface area contributed by atoms with Crippen molar-refractivity contribution in [1.29, 1.82) is 0 Å². The van der Waals surface area contributed by atoms with E-state index in [9.17, 15) is 13.6 Å². The number of halogens is 3. The molecule has 126 valence electrons. The van der Waals surface area contributed by atoms with E-state index < -0.39 is 17.5 Å². The van der Waals surface area contributed by atoms with E-state index in [4.69, 9.17) is 11.6 Å². The van der Waals surface area contributed by atoms with Gasteiger partial charge in [-0.1, -0.05) is 23.7 Å². The van der Waals surface area contributed by atoms with Crippen LogP contribution in [0.1, 0.15) is 10.5 Å². The molecule has 0 aliphatic heterocycles. The van der Waals surface area contributed by atoms with Crippen molar-refractivity contribution in [2.75, 3.05) is 10.6 Å². The van der Waals surface area contributed by atoms with Gasteiger partial charge in [0, 0.05) is 6.07 Å². The van der Waals surface area contributed by atoms with Crippen LogP contribution in [-0.4, -0.2) is 16.1 Å². The molecule has 0 radical (unpaired) electrons. The van der Waals surface area contributed by atoms with E-state index >= 15 is 0 Å². The Labute approximate surface area is 146 Å². The number of benzene rings is 2. The number of nitrogens with zero attached hydrogens (tertiary/aromatic N) is 2. The molecular weight excluding hydrogens is 350 g/mol. The maximum absolute atomic E-state index is 13.6. The van der Waals surface area contributed by atoms with Crippen molar-refractivity contribution in [3.63, 3.8) is 0 Å². The molecule has 3 aromatic rings. The molecule has 0 aliphatic rings. The number of carbonyl (C=O) groups is 1. The molecule has 8 heteroatoms. The maximum Gasteiger partial charge on any atom is 0.276 e. The molecule has 2 aromatic carbocycles. The number of anilines is 3. The van der Waals surface area contributed by atoms with Crippen LogP contribution in [0.2, 0.25) is 5.02 Å². The van der Waals surface area contributed by atoms with Gasteiger partial charge < -0.3 is 10.6 Å². The Morgan fingerprint density at radius 3 is 2.44 bits per heavy atom. The van der Waals surface area contributed by atoms with Gasteiger partial charge in [0.2, 0.25) is 0 Å². The highest BCUT2D eigenvalue weighted by Crippen LogP contribution is 2.23. The highest BCUT2D eigenvalue weighted by molar-refractivity contribution is 6.33. The molecule has 0 fully saturated rings. The molecule has 25 heavy (non-hydrogen) atoms. The lowest BCUT2D eigenvalue weighted by Crippen LogP contribution is -2.15. The molecule has 0 unspecified atom stereocenters. The van der Waals surface area contributed by atoms with Gasteiger partial charge >= 0.3 is 0 Å². The zero-order valence-electron chi connectivity index (χ0n) is 12.6. The molecule has 1 aromatic heterocycles. The number of carbonyl (C=O) groups excluding carboxylic acids is 1. The second-order valence-corrected chi connectivity index (χ2v) is 5.39. The normalized spacial score (nSPS) is 10.4. The first-order chi connectivity index (χ1) is 12.0. The highest BCUT2D eigenvalue weighted by Gasteiger charge is 2.12. The monoisotopic (exact) mass is 360 g/mol. The van der Waals surface area contributed by atoms with Crippen molar-refractivity contribution >= 4 is 34.7 Å². The van der Waals surface area contributed by atoms with Crippen LogP contribution < -0.4 is 10.6 Å². The van der Waals surface area contributed by atoms with Crippen LogP contribution in [0.5, 0.6) is 0 Å². The SMILES string of the molecule is O=C(Nc1ccc(F)cc1F)c1ccc(Nc2ccccc2Cl)nn1. The second kappa shape index (κ2) is 7.23. The quantitative estimate of drug-likeness (QED) is 0.723. The minimum atomic E-state index is -0.877. The van der Waals surface area contributed by atoms with Crippen LogP contribution in [0.15, 0.2) is 54.6 Å². The van der Waals surface area contributed by atoms with Crippen molar-refractivity contribution < 1.29 is 13.6 Å². The summed E-state index contributed by atoms with van der Waals surface area (Å²) in [7, 11) is 0. The first-order valence-electron chi connectivity index (χ1n) is 7.14. The summed E-state index contributed by atoms with van der Waals surface area (Å²) in [6, 6.07) is 12.9. The maximum atomic E-state index is 13.6. The average Bonchev–Trinajstić information content (AvgIpc) is 2.60. The molecule has 3 rings (SSSR count). The molecule has 0 saturated carbocycles. The van der Waals surface area contributed by atoms with Crippen LogP contribution in [-0.2, 0) is 0 Å². The third-order valence-corrected chi connectivity index (χ3v) is 3.54. The van der Waals surface area contributed by atoms with E-state index in [2.05, 4.69) is 20.8 Å². The Bertz CT molecular complexity index is 919. The summed E-state index contributed by atoms with van der Waals surface area (Å²) in [5.74, 6) is -1.89. The Hall–Kier alpha value is -3.06. The molecule has 0 atom stereocenters. The predicted molar refractivity (Wildman–Crippen MR) is 91.1 cm³/mol. The van der Waals surface area contributed by atoms with Crippen molar-refractivity contribution in [3.05, 3.63) is 76.9 Å². The average molecular weight is 361 g/mol. The summed E-state index contributed by atoms with van der Waals surface area (Å²) in [6.07, 6.45) is 0. The van der Waals surface area contributed by atoms with Crippen LogP contribution in [0.3, 0.4) is 0 Å². The lowest BCUT2D eigenvalue weighted by atomic mass is 10.2.